The highest BCUT2D eigenvalue weighted by Gasteiger charge is 2.38. The maximum absolute atomic E-state index is 13.8. The summed E-state index contributed by atoms with van der Waals surface area (Å²) in [6.45, 7) is -2.01. The first-order chi connectivity index (χ1) is 20.1. The molecule has 4 N–H and O–H groups in total. The number of aromatic nitrogens is 1. The lowest BCUT2D eigenvalue weighted by molar-refractivity contribution is -0.139. The molecule has 2 aromatic carbocycles. The fourth-order valence-electron chi connectivity index (χ4n) is 4.34. The zero-order valence-electron chi connectivity index (χ0n) is 21.7. The minimum atomic E-state index is -1.44. The summed E-state index contributed by atoms with van der Waals surface area (Å²) in [5.41, 5.74) is 0.567. The monoisotopic (exact) mass is 597 g/mol. The molecule has 0 spiro atoms. The van der Waals surface area contributed by atoms with Crippen molar-refractivity contribution in [3.8, 4) is 11.3 Å². The normalized spacial score (nSPS) is 15.3. The number of anilines is 2. The topological polar surface area (TPSA) is 199 Å². The van der Waals surface area contributed by atoms with Gasteiger partial charge in [0, 0.05) is 10.6 Å². The molecule has 4 amide bonds. The number of hydrogen-bond donors (Lipinski definition) is 4. The molecule has 0 radical (unpaired) electrons. The summed E-state index contributed by atoms with van der Waals surface area (Å²) in [5.74, 6) is -4.53. The van der Waals surface area contributed by atoms with Gasteiger partial charge in [-0.05, 0) is 36.4 Å². The molecular weight excluding hydrogens is 574 g/mol. The lowest BCUT2D eigenvalue weighted by atomic mass is 10.1. The molecule has 15 heteroatoms. The second-order valence-corrected chi connectivity index (χ2v) is 9.48. The molecule has 0 saturated heterocycles. The number of carbonyl (C=O) groups is 6. The zero-order valence-corrected chi connectivity index (χ0v) is 22.5. The third-order valence-corrected chi connectivity index (χ3v) is 6.48. The van der Waals surface area contributed by atoms with E-state index in [0.717, 1.165) is 16.2 Å². The molecule has 0 bridgehead atoms. The van der Waals surface area contributed by atoms with Crippen LogP contribution in [0.5, 0.6) is 0 Å². The van der Waals surface area contributed by atoms with E-state index in [1.165, 1.54) is 12.1 Å². The van der Waals surface area contributed by atoms with Gasteiger partial charge in [-0.1, -0.05) is 23.7 Å². The predicted molar refractivity (Wildman–Crippen MR) is 147 cm³/mol. The standard InChI is InChI=1S/C27H24ClN5O9/c28-16-7-5-15(6-8-16)25-24(29-14-42-25)26(40)31-18-10-32(22(37)13-35)19-3-1-2-4-20(19)33(27(18)41)11-21(36)30-17(12-34)9-23(38)39/h1-8,12,14,17-18,35H,9-11,13H2,(H,30,36)(H,31,40)(H,38,39)/t17-,18-/m0/s1. The van der Waals surface area contributed by atoms with Crippen LogP contribution in [0.3, 0.4) is 0 Å². The molecule has 0 unspecified atom stereocenters. The quantitative estimate of drug-likeness (QED) is 0.240. The van der Waals surface area contributed by atoms with Crippen LogP contribution in [-0.2, 0) is 24.0 Å². The van der Waals surface area contributed by atoms with Gasteiger partial charge in [0.05, 0.1) is 30.4 Å². The van der Waals surface area contributed by atoms with Crippen LogP contribution in [0.4, 0.5) is 11.4 Å². The molecule has 42 heavy (non-hydrogen) atoms. The SMILES string of the molecule is O=C[C@H](CC(=O)O)NC(=O)CN1C(=O)[C@@H](NC(=O)c2ncoc2-c2ccc(Cl)cc2)CN(C(=O)CO)c2ccccc21. The highest BCUT2D eigenvalue weighted by atomic mass is 35.5. The Hall–Kier alpha value is -5.08. The van der Waals surface area contributed by atoms with Crippen molar-refractivity contribution in [1.29, 1.82) is 0 Å². The Kier molecular flexibility index (Phi) is 9.29. The Morgan fingerprint density at radius 2 is 1.81 bits per heavy atom. The molecule has 14 nitrogen and oxygen atoms in total. The van der Waals surface area contributed by atoms with Crippen LogP contribution in [-0.4, -0.2) is 82.9 Å². The van der Waals surface area contributed by atoms with Crippen LogP contribution in [0.1, 0.15) is 16.9 Å². The fourth-order valence-corrected chi connectivity index (χ4v) is 4.46. The molecule has 3 aromatic rings. The number of carboxylic acids is 1. The number of aliphatic carboxylic acids is 1. The lowest BCUT2D eigenvalue weighted by Gasteiger charge is -2.25. The van der Waals surface area contributed by atoms with Gasteiger partial charge in [0.2, 0.25) is 5.91 Å². The van der Waals surface area contributed by atoms with E-state index in [1.807, 2.05) is 0 Å². The number of amides is 4. The maximum Gasteiger partial charge on any atom is 0.305 e. The first kappa shape index (κ1) is 29.9. The zero-order chi connectivity index (χ0) is 30.4. The summed E-state index contributed by atoms with van der Waals surface area (Å²) in [7, 11) is 0. The van der Waals surface area contributed by atoms with Gasteiger partial charge in [-0.25, -0.2) is 4.98 Å². The average Bonchev–Trinajstić information content (AvgIpc) is 3.43. The largest absolute Gasteiger partial charge is 0.481 e. The highest BCUT2D eigenvalue weighted by molar-refractivity contribution is 6.30. The lowest BCUT2D eigenvalue weighted by Crippen LogP contribution is -2.55. The number of benzene rings is 2. The Morgan fingerprint density at radius 1 is 1.12 bits per heavy atom. The van der Waals surface area contributed by atoms with E-state index in [4.69, 9.17) is 21.1 Å². The van der Waals surface area contributed by atoms with Gasteiger partial charge in [-0.2, -0.15) is 0 Å². The predicted octanol–water partition coefficient (Wildman–Crippen LogP) is 0.624. The Morgan fingerprint density at radius 3 is 2.45 bits per heavy atom. The number of nitrogens with zero attached hydrogens (tertiary/aromatic N) is 3. The van der Waals surface area contributed by atoms with Crippen molar-refractivity contribution in [3.05, 3.63) is 65.6 Å². The van der Waals surface area contributed by atoms with E-state index < -0.39 is 67.8 Å². The molecule has 0 aliphatic carbocycles. The molecule has 2 atom stereocenters. The van der Waals surface area contributed by atoms with Crippen molar-refractivity contribution in [1.82, 2.24) is 15.6 Å². The molecule has 1 aromatic heterocycles. The minimum absolute atomic E-state index is 0.0892. The number of carbonyl (C=O) groups excluding carboxylic acids is 5. The summed E-state index contributed by atoms with van der Waals surface area (Å²) in [6.07, 6.45) is 0.623. The first-order valence-electron chi connectivity index (χ1n) is 12.4. The number of aliphatic hydroxyl groups is 1. The van der Waals surface area contributed by atoms with E-state index in [0.29, 0.717) is 10.6 Å². The van der Waals surface area contributed by atoms with Gasteiger partial charge in [-0.15, -0.1) is 0 Å². The van der Waals surface area contributed by atoms with E-state index in [1.54, 1.807) is 36.4 Å². The van der Waals surface area contributed by atoms with Gasteiger partial charge in [0.25, 0.3) is 17.7 Å². The summed E-state index contributed by atoms with van der Waals surface area (Å²) in [5, 5.41) is 23.8. The van der Waals surface area contributed by atoms with Gasteiger partial charge in [0.1, 0.15) is 25.5 Å². The number of para-hydroxylation sites is 2. The number of hydrogen-bond acceptors (Lipinski definition) is 9. The van der Waals surface area contributed by atoms with Crippen LogP contribution in [0, 0.1) is 0 Å². The highest BCUT2D eigenvalue weighted by Crippen LogP contribution is 2.33. The van der Waals surface area contributed by atoms with Crippen LogP contribution in [0.15, 0.2) is 59.3 Å². The minimum Gasteiger partial charge on any atom is -0.481 e. The Bertz CT molecular complexity index is 1520. The Balaban J connectivity index is 1.67. The number of fused-ring (bicyclic) bond motifs is 1. The van der Waals surface area contributed by atoms with Crippen molar-refractivity contribution in [2.24, 2.45) is 0 Å². The van der Waals surface area contributed by atoms with E-state index in [2.05, 4.69) is 15.6 Å². The number of rotatable bonds is 10. The van der Waals surface area contributed by atoms with Crippen LogP contribution < -0.4 is 20.4 Å². The van der Waals surface area contributed by atoms with Gasteiger partial charge >= 0.3 is 5.97 Å². The van der Waals surface area contributed by atoms with Crippen molar-refractivity contribution >= 4 is 58.9 Å². The third-order valence-electron chi connectivity index (χ3n) is 6.23. The number of nitrogens with one attached hydrogen (secondary N) is 2. The average molecular weight is 598 g/mol. The van der Waals surface area contributed by atoms with Crippen LogP contribution >= 0.6 is 11.6 Å². The molecule has 2 heterocycles. The van der Waals surface area contributed by atoms with Crippen LogP contribution in [0.2, 0.25) is 5.02 Å². The number of carboxylic acid groups (broad SMARTS) is 1. The third kappa shape index (κ3) is 6.62. The number of halogens is 1. The first-order valence-corrected chi connectivity index (χ1v) is 12.8. The molecule has 4 rings (SSSR count). The number of aliphatic hydroxyl groups excluding tert-OH is 1. The van der Waals surface area contributed by atoms with Crippen molar-refractivity contribution in [2.45, 2.75) is 18.5 Å². The second kappa shape index (κ2) is 13.1. The maximum atomic E-state index is 13.8. The van der Waals surface area contributed by atoms with Crippen molar-refractivity contribution in [3.63, 3.8) is 0 Å². The molecule has 0 fully saturated rings. The molecule has 1 aliphatic rings. The summed E-state index contributed by atoms with van der Waals surface area (Å²) in [4.78, 5) is 81.2. The smallest absolute Gasteiger partial charge is 0.305 e. The fraction of sp³-hybridized carbons (Fsp3) is 0.222. The van der Waals surface area contributed by atoms with Crippen LogP contribution in [0.25, 0.3) is 11.3 Å². The van der Waals surface area contributed by atoms with Crippen molar-refractivity contribution < 1.29 is 43.4 Å². The van der Waals surface area contributed by atoms with E-state index in [-0.39, 0.29) is 29.1 Å². The summed E-state index contributed by atoms with van der Waals surface area (Å²) in [6, 6.07) is 9.63. The molecular formula is C27H24ClN5O9. The molecule has 0 saturated carbocycles. The van der Waals surface area contributed by atoms with E-state index >= 15 is 0 Å². The van der Waals surface area contributed by atoms with Crippen molar-refractivity contribution in [2.75, 3.05) is 29.5 Å². The van der Waals surface area contributed by atoms with Gasteiger partial charge in [0.15, 0.2) is 17.8 Å². The number of aldehydes is 1. The summed E-state index contributed by atoms with van der Waals surface area (Å²) < 4.78 is 5.40. The van der Waals surface area contributed by atoms with E-state index in [9.17, 15) is 33.9 Å². The second-order valence-electron chi connectivity index (χ2n) is 9.05. The molecule has 218 valence electrons. The molecule has 1 aliphatic heterocycles. The van der Waals surface area contributed by atoms with Gasteiger partial charge in [-0.3, -0.25) is 28.9 Å². The number of oxazole rings is 1. The van der Waals surface area contributed by atoms with Gasteiger partial charge < -0.3 is 35.0 Å². The Labute approximate surface area is 242 Å². The summed E-state index contributed by atoms with van der Waals surface area (Å²) >= 11 is 5.94.